The van der Waals surface area contributed by atoms with Gasteiger partial charge in [0.05, 0.1) is 17.2 Å². The van der Waals surface area contributed by atoms with E-state index in [1.54, 1.807) is 25.1 Å². The number of hydrogen-bond acceptors (Lipinski definition) is 6. The van der Waals surface area contributed by atoms with Crippen LogP contribution >= 0.6 is 0 Å². The summed E-state index contributed by atoms with van der Waals surface area (Å²) in [7, 11) is 3.33. The average molecular weight is 281 g/mol. The minimum atomic E-state index is -0.494. The zero-order valence-electron chi connectivity index (χ0n) is 11.8. The molecule has 110 valence electrons. The highest BCUT2D eigenvalue weighted by Gasteiger charge is 2.16. The summed E-state index contributed by atoms with van der Waals surface area (Å²) < 4.78 is 0. The molecule has 8 heteroatoms. The van der Waals surface area contributed by atoms with Crippen LogP contribution in [0.3, 0.4) is 0 Å². The van der Waals surface area contributed by atoms with Gasteiger partial charge >= 0.3 is 0 Å². The maximum atomic E-state index is 11.8. The molecule has 1 rings (SSSR count). The predicted molar refractivity (Wildman–Crippen MR) is 77.5 cm³/mol. The number of benzene rings is 1. The number of rotatable bonds is 6. The van der Waals surface area contributed by atoms with Gasteiger partial charge in [0.25, 0.3) is 5.69 Å². The van der Waals surface area contributed by atoms with Crippen LogP contribution in [0.25, 0.3) is 0 Å². The third-order valence-corrected chi connectivity index (χ3v) is 2.85. The molecule has 0 radical (unpaired) electrons. The molecule has 0 atom stereocenters. The Labute approximate surface area is 117 Å². The number of hydrogen-bond donors (Lipinski definition) is 2. The first-order valence-corrected chi connectivity index (χ1v) is 6.10. The molecule has 0 unspecified atom stereocenters. The van der Waals surface area contributed by atoms with E-state index in [-0.39, 0.29) is 18.1 Å². The lowest BCUT2D eigenvalue weighted by atomic mass is 10.2. The van der Waals surface area contributed by atoms with Crippen molar-refractivity contribution in [3.8, 4) is 0 Å². The topological polar surface area (TPSA) is 105 Å². The van der Waals surface area contributed by atoms with Crippen molar-refractivity contribution in [2.24, 2.45) is 5.84 Å². The molecular formula is C12H19N5O3. The molecule has 0 saturated heterocycles. The fourth-order valence-corrected chi connectivity index (χ4v) is 1.66. The van der Waals surface area contributed by atoms with Gasteiger partial charge in [-0.2, -0.15) is 0 Å². The number of nitrogens with zero attached hydrogens (tertiary/aromatic N) is 3. The fourth-order valence-electron chi connectivity index (χ4n) is 1.66. The van der Waals surface area contributed by atoms with E-state index in [1.165, 1.54) is 17.0 Å². The molecule has 8 nitrogen and oxygen atoms in total. The van der Waals surface area contributed by atoms with Crippen LogP contribution < -0.4 is 16.2 Å². The Kier molecular flexibility index (Phi) is 5.27. The molecule has 0 fully saturated rings. The zero-order chi connectivity index (χ0) is 15.3. The minimum absolute atomic E-state index is 0.0776. The number of nitrogen functional groups attached to an aromatic ring is 1. The van der Waals surface area contributed by atoms with Gasteiger partial charge in [0.15, 0.2) is 0 Å². The van der Waals surface area contributed by atoms with E-state index in [9.17, 15) is 14.9 Å². The number of nitro groups is 1. The van der Waals surface area contributed by atoms with Gasteiger partial charge in [-0.1, -0.05) is 0 Å². The molecular weight excluding hydrogens is 262 g/mol. The molecule has 0 spiro atoms. The van der Waals surface area contributed by atoms with Crippen molar-refractivity contribution in [3.63, 3.8) is 0 Å². The fraction of sp³-hybridized carbons (Fsp3) is 0.417. The Morgan fingerprint density at radius 1 is 1.40 bits per heavy atom. The number of likely N-dealkylation sites (N-methyl/N-ethyl adjacent to an activating group) is 2. The lowest BCUT2D eigenvalue weighted by Crippen LogP contribution is -2.36. The van der Waals surface area contributed by atoms with Crippen molar-refractivity contribution in [2.45, 2.75) is 6.92 Å². The van der Waals surface area contributed by atoms with Crippen LogP contribution in [0.4, 0.5) is 17.1 Å². The summed E-state index contributed by atoms with van der Waals surface area (Å²) in [5, 5.41) is 10.9. The van der Waals surface area contributed by atoms with E-state index in [0.29, 0.717) is 17.9 Å². The van der Waals surface area contributed by atoms with E-state index in [2.05, 4.69) is 5.43 Å². The second-order valence-corrected chi connectivity index (χ2v) is 4.44. The Bertz CT molecular complexity index is 504. The molecule has 0 bridgehead atoms. The number of hydrazine groups is 1. The summed E-state index contributed by atoms with van der Waals surface area (Å²) in [4.78, 5) is 25.4. The number of nitrogens with one attached hydrogen (secondary N) is 1. The summed E-state index contributed by atoms with van der Waals surface area (Å²) in [6, 6.07) is 4.43. The Hall–Kier alpha value is -2.35. The van der Waals surface area contributed by atoms with Gasteiger partial charge in [-0.05, 0) is 13.0 Å². The van der Waals surface area contributed by atoms with Crippen LogP contribution in [0, 0.1) is 10.1 Å². The van der Waals surface area contributed by atoms with Crippen molar-refractivity contribution >= 4 is 23.0 Å². The second kappa shape index (κ2) is 6.71. The number of amides is 1. The zero-order valence-corrected chi connectivity index (χ0v) is 11.8. The van der Waals surface area contributed by atoms with Crippen molar-refractivity contribution in [1.82, 2.24) is 4.90 Å². The lowest BCUT2D eigenvalue weighted by Gasteiger charge is -2.24. The molecule has 1 amide bonds. The third-order valence-electron chi connectivity index (χ3n) is 2.85. The number of anilines is 2. The number of carbonyl (C=O) groups excluding carboxylic acids is 1. The van der Waals surface area contributed by atoms with Gasteiger partial charge in [-0.15, -0.1) is 0 Å². The van der Waals surface area contributed by atoms with Gasteiger partial charge in [-0.3, -0.25) is 20.8 Å². The summed E-state index contributed by atoms with van der Waals surface area (Å²) in [5.74, 6) is 5.23. The van der Waals surface area contributed by atoms with Crippen LogP contribution in [0.15, 0.2) is 18.2 Å². The Morgan fingerprint density at radius 3 is 2.50 bits per heavy atom. The summed E-state index contributed by atoms with van der Waals surface area (Å²) >= 11 is 0. The Morgan fingerprint density at radius 2 is 2.05 bits per heavy atom. The quantitative estimate of drug-likeness (QED) is 0.454. The van der Waals surface area contributed by atoms with Gasteiger partial charge in [0.1, 0.15) is 0 Å². The van der Waals surface area contributed by atoms with E-state index < -0.39 is 4.92 Å². The van der Waals surface area contributed by atoms with Crippen molar-refractivity contribution in [1.29, 1.82) is 0 Å². The van der Waals surface area contributed by atoms with Crippen LogP contribution in [0.5, 0.6) is 0 Å². The van der Waals surface area contributed by atoms with Gasteiger partial charge in [0.2, 0.25) is 5.91 Å². The van der Waals surface area contributed by atoms with Gasteiger partial charge in [-0.25, -0.2) is 0 Å². The predicted octanol–water partition coefficient (Wildman–Crippen LogP) is 0.795. The van der Waals surface area contributed by atoms with Crippen LogP contribution in [-0.2, 0) is 4.79 Å². The highest BCUT2D eigenvalue weighted by molar-refractivity contribution is 5.81. The molecule has 1 aromatic rings. The van der Waals surface area contributed by atoms with Gasteiger partial charge < -0.3 is 15.2 Å². The molecule has 3 N–H and O–H groups in total. The number of nitro benzene ring substituents is 1. The largest absolute Gasteiger partial charge is 0.362 e. The number of non-ortho nitro benzene ring substituents is 1. The first-order chi connectivity index (χ1) is 9.38. The third kappa shape index (κ3) is 3.82. The molecule has 1 aromatic carbocycles. The molecule has 0 aliphatic carbocycles. The van der Waals surface area contributed by atoms with Crippen LogP contribution in [0.2, 0.25) is 0 Å². The maximum absolute atomic E-state index is 11.8. The molecule has 0 saturated carbocycles. The standard InChI is InChI=1S/C12H19N5O3/c1-4-16(8-12(18)15(2)3)10-5-9(14-13)6-11(7-10)17(19)20/h5-7,14H,4,8,13H2,1-3H3. The lowest BCUT2D eigenvalue weighted by molar-refractivity contribution is -0.384. The normalized spacial score (nSPS) is 10.0. The first kappa shape index (κ1) is 15.7. The van der Waals surface area contributed by atoms with Crippen molar-refractivity contribution < 1.29 is 9.72 Å². The molecule has 20 heavy (non-hydrogen) atoms. The van der Waals surface area contributed by atoms with E-state index in [0.717, 1.165) is 0 Å². The van der Waals surface area contributed by atoms with Gasteiger partial charge in [0, 0.05) is 38.5 Å². The average Bonchev–Trinajstić information content (AvgIpc) is 2.43. The van der Waals surface area contributed by atoms with Crippen LogP contribution in [0.1, 0.15) is 6.92 Å². The first-order valence-electron chi connectivity index (χ1n) is 6.10. The highest BCUT2D eigenvalue weighted by atomic mass is 16.6. The van der Waals surface area contributed by atoms with Crippen LogP contribution in [-0.4, -0.2) is 42.9 Å². The maximum Gasteiger partial charge on any atom is 0.273 e. The molecule has 0 aliphatic rings. The van der Waals surface area contributed by atoms with Crippen molar-refractivity contribution in [3.05, 3.63) is 28.3 Å². The van der Waals surface area contributed by atoms with Crippen molar-refractivity contribution in [2.75, 3.05) is 37.5 Å². The minimum Gasteiger partial charge on any atom is -0.362 e. The summed E-state index contributed by atoms with van der Waals surface area (Å²) in [6.07, 6.45) is 0. The number of nitrogens with two attached hydrogens (primary N) is 1. The second-order valence-electron chi connectivity index (χ2n) is 4.44. The molecule has 0 heterocycles. The summed E-state index contributed by atoms with van der Waals surface area (Å²) in [6.45, 7) is 2.57. The van der Waals surface area contributed by atoms with E-state index >= 15 is 0 Å². The Balaban J connectivity index is 3.10. The SMILES string of the molecule is CCN(CC(=O)N(C)C)c1cc(NN)cc([N+](=O)[O-])c1. The number of carbonyl (C=O) groups is 1. The smallest absolute Gasteiger partial charge is 0.273 e. The monoisotopic (exact) mass is 281 g/mol. The highest BCUT2D eigenvalue weighted by Crippen LogP contribution is 2.26. The summed E-state index contributed by atoms with van der Waals surface area (Å²) in [5.41, 5.74) is 3.31. The molecule has 0 aliphatic heterocycles. The molecule has 0 aromatic heterocycles. The van der Waals surface area contributed by atoms with E-state index in [4.69, 9.17) is 5.84 Å². The van der Waals surface area contributed by atoms with E-state index in [1.807, 2.05) is 6.92 Å².